The molecule has 0 fully saturated rings. The molecule has 0 N–H and O–H groups in total. The Hall–Kier alpha value is -3.20. The molecule has 0 bridgehead atoms. The Morgan fingerprint density at radius 2 is 2.21 bits per heavy atom. The monoisotopic (exact) mass is 401 g/mol. The van der Waals surface area contributed by atoms with Crippen molar-refractivity contribution >= 4 is 34.0 Å². The number of nitrogens with zero attached hydrogens (tertiary/aromatic N) is 3. The highest BCUT2D eigenvalue weighted by Gasteiger charge is 2.16. The predicted octanol–water partition coefficient (Wildman–Crippen LogP) is 3.56. The van der Waals surface area contributed by atoms with E-state index < -0.39 is 10.7 Å². The maximum atomic E-state index is 12.6. The van der Waals surface area contributed by atoms with E-state index in [0.717, 1.165) is 4.88 Å². The molecular formula is C19H19N3O5S. The van der Waals surface area contributed by atoms with Crippen molar-refractivity contribution in [1.82, 2.24) is 9.47 Å². The molecule has 0 radical (unpaired) electrons. The van der Waals surface area contributed by atoms with Gasteiger partial charge in [-0.2, -0.15) is 0 Å². The van der Waals surface area contributed by atoms with Gasteiger partial charge in [0.15, 0.2) is 5.58 Å². The van der Waals surface area contributed by atoms with E-state index in [-0.39, 0.29) is 30.1 Å². The third-order valence-electron chi connectivity index (χ3n) is 4.26. The van der Waals surface area contributed by atoms with E-state index in [4.69, 9.17) is 4.42 Å². The number of hydrogen-bond acceptors (Lipinski definition) is 6. The Labute approximate surface area is 164 Å². The molecule has 1 aromatic carbocycles. The van der Waals surface area contributed by atoms with Crippen LogP contribution in [0.1, 0.15) is 17.7 Å². The summed E-state index contributed by atoms with van der Waals surface area (Å²) in [6, 6.07) is 7.96. The number of benzene rings is 1. The van der Waals surface area contributed by atoms with E-state index in [1.165, 1.54) is 22.8 Å². The fraction of sp³-hybridized carbons (Fsp3) is 0.263. The highest BCUT2D eigenvalue weighted by Crippen LogP contribution is 2.20. The summed E-state index contributed by atoms with van der Waals surface area (Å²) in [7, 11) is 0. The van der Waals surface area contributed by atoms with Gasteiger partial charge < -0.3 is 9.32 Å². The number of thiophene rings is 1. The van der Waals surface area contributed by atoms with Crippen LogP contribution >= 0.6 is 11.3 Å². The van der Waals surface area contributed by atoms with Gasteiger partial charge in [0.05, 0.1) is 23.1 Å². The average Bonchev–Trinajstić information content (AvgIpc) is 3.28. The van der Waals surface area contributed by atoms with Gasteiger partial charge in [0, 0.05) is 30.5 Å². The summed E-state index contributed by atoms with van der Waals surface area (Å²) in [4.78, 5) is 37.7. The van der Waals surface area contributed by atoms with Crippen LogP contribution in [0.5, 0.6) is 0 Å². The predicted molar refractivity (Wildman–Crippen MR) is 106 cm³/mol. The van der Waals surface area contributed by atoms with Crippen LogP contribution in [0.3, 0.4) is 0 Å². The van der Waals surface area contributed by atoms with Gasteiger partial charge in [-0.1, -0.05) is 12.1 Å². The molecule has 0 spiro atoms. The molecule has 0 saturated heterocycles. The van der Waals surface area contributed by atoms with Crippen LogP contribution < -0.4 is 5.76 Å². The largest absolute Gasteiger partial charge is 0.419 e. The molecule has 0 atom stereocenters. The van der Waals surface area contributed by atoms with Crippen LogP contribution in [-0.4, -0.2) is 26.8 Å². The Morgan fingerprint density at radius 1 is 1.39 bits per heavy atom. The lowest BCUT2D eigenvalue weighted by molar-refractivity contribution is -0.384. The summed E-state index contributed by atoms with van der Waals surface area (Å²) in [6.45, 7) is 4.97. The zero-order valence-electron chi connectivity index (χ0n) is 15.1. The zero-order valence-corrected chi connectivity index (χ0v) is 15.9. The van der Waals surface area contributed by atoms with Gasteiger partial charge in [0.25, 0.3) is 5.69 Å². The fourth-order valence-electron chi connectivity index (χ4n) is 2.93. The third-order valence-corrected chi connectivity index (χ3v) is 5.13. The summed E-state index contributed by atoms with van der Waals surface area (Å²) in [5, 5.41) is 12.8. The molecule has 0 aliphatic heterocycles. The number of hydrogen-bond donors (Lipinski definition) is 0. The number of rotatable bonds is 9. The first kappa shape index (κ1) is 19.6. The number of aryl methyl sites for hydroxylation is 1. The average molecular weight is 401 g/mol. The lowest BCUT2D eigenvalue weighted by Gasteiger charge is -2.20. The summed E-state index contributed by atoms with van der Waals surface area (Å²) < 4.78 is 6.49. The number of non-ortho nitro benzene ring substituents is 1. The molecule has 0 saturated carbocycles. The Morgan fingerprint density at radius 3 is 2.89 bits per heavy atom. The van der Waals surface area contributed by atoms with Gasteiger partial charge in [-0.15, -0.1) is 17.9 Å². The number of carbonyl (C=O) groups excluding carboxylic acids is 1. The minimum atomic E-state index is -0.593. The smallest absolute Gasteiger partial charge is 0.407 e. The van der Waals surface area contributed by atoms with Crippen molar-refractivity contribution in [1.29, 1.82) is 0 Å². The van der Waals surface area contributed by atoms with Crippen molar-refractivity contribution in [2.24, 2.45) is 0 Å². The van der Waals surface area contributed by atoms with E-state index in [0.29, 0.717) is 25.0 Å². The number of carbonyl (C=O) groups is 1. The molecule has 0 aliphatic rings. The van der Waals surface area contributed by atoms with Crippen molar-refractivity contribution in [3.8, 4) is 0 Å². The SMILES string of the molecule is C=CCN(Cc1cccs1)C(=O)CCCn1c(=O)oc2cc([N+](=O)[O-])ccc21. The molecule has 28 heavy (non-hydrogen) atoms. The van der Waals surface area contributed by atoms with E-state index in [9.17, 15) is 19.7 Å². The number of amides is 1. The first-order chi connectivity index (χ1) is 13.5. The molecule has 2 aromatic heterocycles. The topological polar surface area (TPSA) is 98.6 Å². The summed E-state index contributed by atoms with van der Waals surface area (Å²) in [5.41, 5.74) is 0.498. The van der Waals surface area contributed by atoms with Crippen LogP contribution in [0.4, 0.5) is 5.69 Å². The number of nitro benzene ring substituents is 1. The molecule has 1 amide bonds. The second-order valence-corrected chi connectivity index (χ2v) is 7.21. The molecule has 3 aromatic rings. The second kappa shape index (κ2) is 8.66. The van der Waals surface area contributed by atoms with Crippen LogP contribution in [0.15, 0.2) is 57.6 Å². The fourth-order valence-corrected chi connectivity index (χ4v) is 3.65. The molecule has 2 heterocycles. The maximum Gasteiger partial charge on any atom is 0.419 e. The molecular weight excluding hydrogens is 382 g/mol. The van der Waals surface area contributed by atoms with Gasteiger partial charge in [-0.05, 0) is 23.9 Å². The van der Waals surface area contributed by atoms with Gasteiger partial charge in [0.1, 0.15) is 0 Å². The van der Waals surface area contributed by atoms with Crippen LogP contribution in [0, 0.1) is 10.1 Å². The van der Waals surface area contributed by atoms with Crippen LogP contribution in [-0.2, 0) is 17.9 Å². The van der Waals surface area contributed by atoms with E-state index in [1.54, 1.807) is 22.3 Å². The van der Waals surface area contributed by atoms with Crippen LogP contribution in [0.25, 0.3) is 11.1 Å². The Balaban J connectivity index is 1.65. The lowest BCUT2D eigenvalue weighted by Crippen LogP contribution is -2.30. The molecule has 8 nitrogen and oxygen atoms in total. The molecule has 0 unspecified atom stereocenters. The number of nitro groups is 1. The first-order valence-electron chi connectivity index (χ1n) is 8.68. The minimum Gasteiger partial charge on any atom is -0.407 e. The highest BCUT2D eigenvalue weighted by molar-refractivity contribution is 7.09. The quantitative estimate of drug-likeness (QED) is 0.310. The Bertz CT molecular complexity index is 1050. The first-order valence-corrected chi connectivity index (χ1v) is 9.56. The Kier molecular flexibility index (Phi) is 6.05. The summed E-state index contributed by atoms with van der Waals surface area (Å²) >= 11 is 1.59. The van der Waals surface area contributed by atoms with Crippen molar-refractivity contribution < 1.29 is 14.1 Å². The maximum absolute atomic E-state index is 12.6. The second-order valence-electron chi connectivity index (χ2n) is 6.17. The minimum absolute atomic E-state index is 0.0233. The third kappa shape index (κ3) is 4.37. The molecule has 0 aliphatic carbocycles. The van der Waals surface area contributed by atoms with Crippen molar-refractivity contribution in [2.75, 3.05) is 6.54 Å². The van der Waals surface area contributed by atoms with Gasteiger partial charge in [-0.25, -0.2) is 4.79 Å². The highest BCUT2D eigenvalue weighted by atomic mass is 32.1. The van der Waals surface area contributed by atoms with Crippen molar-refractivity contribution in [3.05, 3.63) is 73.9 Å². The van der Waals surface area contributed by atoms with Crippen LogP contribution in [0.2, 0.25) is 0 Å². The standard InChI is InChI=1S/C19H19N3O5S/c1-2-9-20(13-15-5-4-11-28-15)18(23)6-3-10-21-16-8-7-14(22(25)26)12-17(16)27-19(21)24/h2,4-5,7-8,11-12H,1,3,6,9-10,13H2. The van der Waals surface area contributed by atoms with Gasteiger partial charge >= 0.3 is 5.76 Å². The molecule has 9 heteroatoms. The van der Waals surface area contributed by atoms with E-state index >= 15 is 0 Å². The van der Waals surface area contributed by atoms with Crippen molar-refractivity contribution in [2.45, 2.75) is 25.9 Å². The number of oxazole rings is 1. The summed E-state index contributed by atoms with van der Waals surface area (Å²) in [5.74, 6) is -0.616. The van der Waals surface area contributed by atoms with Gasteiger partial charge in [0.2, 0.25) is 5.91 Å². The van der Waals surface area contributed by atoms with E-state index in [2.05, 4.69) is 6.58 Å². The van der Waals surface area contributed by atoms with Crippen molar-refractivity contribution in [3.63, 3.8) is 0 Å². The number of fused-ring (bicyclic) bond motifs is 1. The normalized spacial score (nSPS) is 10.9. The molecule has 146 valence electrons. The number of aromatic nitrogens is 1. The lowest BCUT2D eigenvalue weighted by atomic mass is 10.2. The molecule has 3 rings (SSSR count). The van der Waals surface area contributed by atoms with E-state index in [1.807, 2.05) is 17.5 Å². The summed E-state index contributed by atoms with van der Waals surface area (Å²) in [6.07, 6.45) is 2.40. The zero-order chi connectivity index (χ0) is 20.1. The van der Waals surface area contributed by atoms with Gasteiger partial charge in [-0.3, -0.25) is 19.5 Å².